The summed E-state index contributed by atoms with van der Waals surface area (Å²) < 4.78 is 16.4. The molecule has 21 heavy (non-hydrogen) atoms. The van der Waals surface area contributed by atoms with Crippen LogP contribution in [0.15, 0.2) is 0 Å². The lowest BCUT2D eigenvalue weighted by Crippen LogP contribution is -2.37. The van der Waals surface area contributed by atoms with Crippen LogP contribution in [0.5, 0.6) is 0 Å². The maximum atomic E-state index is 11.9. The van der Waals surface area contributed by atoms with Gasteiger partial charge in [-0.05, 0) is 19.8 Å². The van der Waals surface area contributed by atoms with Crippen LogP contribution in [0.3, 0.4) is 0 Å². The lowest BCUT2D eigenvalue weighted by atomic mass is 9.84. The van der Waals surface area contributed by atoms with Gasteiger partial charge in [-0.3, -0.25) is 14.0 Å². The van der Waals surface area contributed by atoms with E-state index in [1.165, 1.54) is 14.0 Å². The Hall–Kier alpha value is -1.13. The number of methoxy groups -OCH3 is 1. The monoisotopic (exact) mass is 304 g/mol. The highest BCUT2D eigenvalue weighted by Gasteiger charge is 2.41. The van der Waals surface area contributed by atoms with Gasteiger partial charge in [-0.25, -0.2) is 0 Å². The molecule has 0 bridgehead atoms. The van der Waals surface area contributed by atoms with Gasteiger partial charge in [0.05, 0.1) is 13.8 Å². The van der Waals surface area contributed by atoms with Gasteiger partial charge in [0.25, 0.3) is 0 Å². The first-order valence-electron chi connectivity index (χ1n) is 7.87. The van der Waals surface area contributed by atoms with Crippen molar-refractivity contribution in [2.75, 3.05) is 13.8 Å². The molecule has 0 fully saturated rings. The maximum Gasteiger partial charge on any atom is 0.322 e. The van der Waals surface area contributed by atoms with Crippen molar-refractivity contribution in [3.8, 4) is 0 Å². The van der Waals surface area contributed by atoms with Gasteiger partial charge in [0, 0.05) is 0 Å². The zero-order valence-electron chi connectivity index (χ0n) is 13.3. The molecule has 0 amide bonds. The molecule has 0 saturated carbocycles. The molecule has 0 aliphatic heterocycles. The fourth-order valence-corrected chi connectivity index (χ4v) is 2.33. The number of hydrogen-bond acceptors (Lipinski definition) is 3. The normalized spacial score (nSPS) is 13.7. The van der Waals surface area contributed by atoms with E-state index in [-0.39, 0.29) is 6.67 Å². The minimum Gasteiger partial charge on any atom is -0.480 e. The number of hydrogen-bond donors (Lipinski definition) is 1. The highest BCUT2D eigenvalue weighted by molar-refractivity contribution is 5.98. The third-order valence-corrected chi connectivity index (χ3v) is 3.92. The molecule has 5 heteroatoms. The van der Waals surface area contributed by atoms with E-state index < -0.39 is 17.4 Å². The van der Waals surface area contributed by atoms with Gasteiger partial charge in [0.1, 0.15) is 0 Å². The molecule has 1 N–H and O–H groups in total. The standard InChI is InChI=1S/C16H29FO4/c1-16(14(18)19,15(20)21-2)12-10-8-6-4-3-5-7-9-11-13-17/h3-13H2,1-2H3,(H,18,19). The Labute approximate surface area is 127 Å². The molecule has 0 spiro atoms. The number of ether oxygens (including phenoxy) is 1. The number of carboxylic acid groups (broad SMARTS) is 1. The Morgan fingerprint density at radius 2 is 1.38 bits per heavy atom. The van der Waals surface area contributed by atoms with Gasteiger partial charge < -0.3 is 9.84 Å². The maximum absolute atomic E-state index is 11.9. The Bertz CT molecular complexity index is 307. The Balaban J connectivity index is 3.69. The van der Waals surface area contributed by atoms with Crippen LogP contribution in [0, 0.1) is 5.41 Å². The highest BCUT2D eigenvalue weighted by Crippen LogP contribution is 2.27. The van der Waals surface area contributed by atoms with Crippen molar-refractivity contribution in [2.45, 2.75) is 71.1 Å². The van der Waals surface area contributed by atoms with Crippen molar-refractivity contribution in [2.24, 2.45) is 5.41 Å². The molecule has 0 aliphatic carbocycles. The summed E-state index contributed by atoms with van der Waals surface area (Å²) in [5, 5.41) is 9.15. The lowest BCUT2D eigenvalue weighted by Gasteiger charge is -2.21. The van der Waals surface area contributed by atoms with Gasteiger partial charge in [-0.2, -0.15) is 0 Å². The zero-order chi connectivity index (χ0) is 16.1. The Morgan fingerprint density at radius 1 is 0.952 bits per heavy atom. The summed E-state index contributed by atoms with van der Waals surface area (Å²) in [6, 6.07) is 0. The summed E-state index contributed by atoms with van der Waals surface area (Å²) in [5.74, 6) is -1.80. The van der Waals surface area contributed by atoms with Crippen LogP contribution in [0.4, 0.5) is 4.39 Å². The number of halogens is 1. The predicted octanol–water partition coefficient (Wildman–Crippen LogP) is 4.12. The number of esters is 1. The summed E-state index contributed by atoms with van der Waals surface area (Å²) in [7, 11) is 1.21. The van der Waals surface area contributed by atoms with Gasteiger partial charge in [0.15, 0.2) is 5.41 Å². The average Bonchev–Trinajstić information content (AvgIpc) is 2.47. The van der Waals surface area contributed by atoms with Gasteiger partial charge in [-0.15, -0.1) is 0 Å². The molecule has 4 nitrogen and oxygen atoms in total. The van der Waals surface area contributed by atoms with Gasteiger partial charge in [0.2, 0.25) is 0 Å². The summed E-state index contributed by atoms with van der Waals surface area (Å²) in [6.45, 7) is 1.20. The molecule has 0 aromatic carbocycles. The first kappa shape index (κ1) is 19.9. The molecule has 0 aromatic rings. The first-order chi connectivity index (χ1) is 9.99. The van der Waals surface area contributed by atoms with Crippen LogP contribution in [0.2, 0.25) is 0 Å². The topological polar surface area (TPSA) is 63.6 Å². The fourth-order valence-electron chi connectivity index (χ4n) is 2.33. The van der Waals surface area contributed by atoms with Crippen molar-refractivity contribution >= 4 is 11.9 Å². The molecular weight excluding hydrogens is 275 g/mol. The van der Waals surface area contributed by atoms with E-state index in [4.69, 9.17) is 5.11 Å². The quantitative estimate of drug-likeness (QED) is 0.316. The minimum absolute atomic E-state index is 0.220. The number of rotatable bonds is 13. The third kappa shape index (κ3) is 8.02. The van der Waals surface area contributed by atoms with Crippen molar-refractivity contribution in [3.05, 3.63) is 0 Å². The van der Waals surface area contributed by atoms with Crippen LogP contribution in [-0.4, -0.2) is 30.8 Å². The van der Waals surface area contributed by atoms with E-state index >= 15 is 0 Å². The second kappa shape index (κ2) is 11.5. The van der Waals surface area contributed by atoms with Crippen LogP contribution < -0.4 is 0 Å². The summed E-state index contributed by atoms with van der Waals surface area (Å²) >= 11 is 0. The van der Waals surface area contributed by atoms with Gasteiger partial charge in [-0.1, -0.05) is 51.4 Å². The number of aliphatic carboxylic acids is 1. The molecule has 124 valence electrons. The summed E-state index contributed by atoms with van der Waals surface area (Å²) in [4.78, 5) is 22.7. The molecule has 0 aromatic heterocycles. The minimum atomic E-state index is -1.43. The van der Waals surface area contributed by atoms with Crippen molar-refractivity contribution in [3.63, 3.8) is 0 Å². The molecule has 1 atom stereocenters. The number of alkyl halides is 1. The summed E-state index contributed by atoms with van der Waals surface area (Å²) in [6.07, 6.45) is 9.08. The number of carbonyl (C=O) groups is 2. The molecule has 0 saturated heterocycles. The Morgan fingerprint density at radius 3 is 1.76 bits per heavy atom. The van der Waals surface area contributed by atoms with Crippen LogP contribution in [0.1, 0.15) is 71.1 Å². The Kier molecular flexibility index (Phi) is 10.9. The SMILES string of the molecule is COC(=O)C(C)(CCCCCCCCCCCF)C(=O)O. The molecule has 1 unspecified atom stereocenters. The molecule has 0 heterocycles. The number of carbonyl (C=O) groups excluding carboxylic acids is 1. The molecule has 0 aliphatic rings. The second-order valence-electron chi connectivity index (χ2n) is 5.75. The van der Waals surface area contributed by atoms with E-state index in [2.05, 4.69) is 4.74 Å². The van der Waals surface area contributed by atoms with Crippen molar-refractivity contribution in [1.29, 1.82) is 0 Å². The van der Waals surface area contributed by atoms with E-state index in [1.54, 1.807) is 0 Å². The van der Waals surface area contributed by atoms with Crippen molar-refractivity contribution in [1.82, 2.24) is 0 Å². The largest absolute Gasteiger partial charge is 0.480 e. The van der Waals surface area contributed by atoms with E-state index in [9.17, 15) is 14.0 Å². The molecule has 0 rings (SSSR count). The lowest BCUT2D eigenvalue weighted by molar-refractivity contribution is -0.166. The van der Waals surface area contributed by atoms with E-state index in [0.29, 0.717) is 19.3 Å². The third-order valence-electron chi connectivity index (χ3n) is 3.92. The summed E-state index contributed by atoms with van der Waals surface area (Å²) in [5.41, 5.74) is -1.43. The highest BCUT2D eigenvalue weighted by atomic mass is 19.1. The number of unbranched alkanes of at least 4 members (excludes halogenated alkanes) is 8. The fraction of sp³-hybridized carbons (Fsp3) is 0.875. The van der Waals surface area contributed by atoms with Gasteiger partial charge >= 0.3 is 11.9 Å². The van der Waals surface area contributed by atoms with E-state index in [0.717, 1.165) is 44.9 Å². The second-order valence-corrected chi connectivity index (χ2v) is 5.75. The average molecular weight is 304 g/mol. The molecule has 0 radical (unpaired) electrons. The zero-order valence-corrected chi connectivity index (χ0v) is 13.3. The van der Waals surface area contributed by atoms with Crippen molar-refractivity contribution < 1.29 is 23.8 Å². The smallest absolute Gasteiger partial charge is 0.322 e. The van der Waals surface area contributed by atoms with Crippen LogP contribution >= 0.6 is 0 Å². The van der Waals surface area contributed by atoms with Crippen LogP contribution in [-0.2, 0) is 14.3 Å². The van der Waals surface area contributed by atoms with E-state index in [1.807, 2.05) is 0 Å². The predicted molar refractivity (Wildman–Crippen MR) is 79.9 cm³/mol. The first-order valence-corrected chi connectivity index (χ1v) is 7.87. The number of carboxylic acids is 1. The van der Waals surface area contributed by atoms with Crippen LogP contribution in [0.25, 0.3) is 0 Å². The molecular formula is C16H29FO4.